The molecule has 3 nitrogen and oxygen atoms in total. The van der Waals surface area contributed by atoms with E-state index in [1.54, 1.807) is 0 Å². The molecule has 17 heavy (non-hydrogen) atoms. The summed E-state index contributed by atoms with van der Waals surface area (Å²) in [6, 6.07) is 7.85. The van der Waals surface area contributed by atoms with Gasteiger partial charge in [0.05, 0.1) is 17.0 Å². The van der Waals surface area contributed by atoms with E-state index >= 15 is 0 Å². The molecule has 0 N–H and O–H groups in total. The maximum absolute atomic E-state index is 6.00. The molecule has 0 fully saturated rings. The van der Waals surface area contributed by atoms with E-state index in [2.05, 4.69) is 18.8 Å². The topological polar surface area (TPSA) is 27.1 Å². The van der Waals surface area contributed by atoms with Gasteiger partial charge in [0.25, 0.3) is 0 Å². The fourth-order valence-corrected chi connectivity index (χ4v) is 1.64. The summed E-state index contributed by atoms with van der Waals surface area (Å²) in [6.07, 6.45) is 3.80. The lowest BCUT2D eigenvalue weighted by Gasteiger charge is -2.06. The van der Waals surface area contributed by atoms with Crippen molar-refractivity contribution in [2.75, 3.05) is 0 Å². The SMILES string of the molecule is CC(C)n1cnc(COc2ccccc2Cl)c1. The first kappa shape index (κ1) is 12.0. The van der Waals surface area contributed by atoms with E-state index in [-0.39, 0.29) is 0 Å². The normalized spacial score (nSPS) is 10.8. The monoisotopic (exact) mass is 250 g/mol. The summed E-state index contributed by atoms with van der Waals surface area (Å²) in [7, 11) is 0. The average Bonchev–Trinajstić information content (AvgIpc) is 2.77. The number of hydrogen-bond donors (Lipinski definition) is 0. The largest absolute Gasteiger partial charge is 0.486 e. The Kier molecular flexibility index (Phi) is 3.69. The molecule has 1 aromatic carbocycles. The Morgan fingerprint density at radius 3 is 2.76 bits per heavy atom. The molecule has 2 rings (SSSR count). The molecule has 0 aliphatic carbocycles. The van der Waals surface area contributed by atoms with Crippen molar-refractivity contribution in [2.24, 2.45) is 0 Å². The molecule has 0 bridgehead atoms. The highest BCUT2D eigenvalue weighted by atomic mass is 35.5. The van der Waals surface area contributed by atoms with Crippen LogP contribution >= 0.6 is 11.6 Å². The van der Waals surface area contributed by atoms with Gasteiger partial charge in [-0.1, -0.05) is 23.7 Å². The van der Waals surface area contributed by atoms with Gasteiger partial charge in [0, 0.05) is 12.2 Å². The summed E-state index contributed by atoms with van der Waals surface area (Å²) in [6.45, 7) is 4.66. The maximum Gasteiger partial charge on any atom is 0.138 e. The predicted octanol–water partition coefficient (Wildman–Crippen LogP) is 3.70. The molecule has 0 amide bonds. The van der Waals surface area contributed by atoms with Crippen molar-refractivity contribution in [2.45, 2.75) is 26.5 Å². The summed E-state index contributed by atoms with van der Waals surface area (Å²) in [4.78, 5) is 4.28. The highest BCUT2D eigenvalue weighted by Crippen LogP contribution is 2.23. The molecule has 0 radical (unpaired) electrons. The molecule has 0 spiro atoms. The van der Waals surface area contributed by atoms with E-state index in [1.165, 1.54) is 0 Å². The molecule has 1 aromatic heterocycles. The average molecular weight is 251 g/mol. The number of benzene rings is 1. The van der Waals surface area contributed by atoms with Crippen molar-refractivity contribution < 1.29 is 4.74 Å². The molecular weight excluding hydrogens is 236 g/mol. The second kappa shape index (κ2) is 5.23. The molecule has 0 unspecified atom stereocenters. The van der Waals surface area contributed by atoms with Crippen LogP contribution in [-0.2, 0) is 6.61 Å². The van der Waals surface area contributed by atoms with E-state index < -0.39 is 0 Å². The van der Waals surface area contributed by atoms with Crippen LogP contribution in [0, 0.1) is 0 Å². The molecule has 0 aliphatic heterocycles. The summed E-state index contributed by atoms with van der Waals surface area (Å²) in [5.74, 6) is 0.688. The van der Waals surface area contributed by atoms with E-state index in [0.717, 1.165) is 5.69 Å². The minimum atomic E-state index is 0.413. The lowest BCUT2D eigenvalue weighted by atomic mass is 10.3. The van der Waals surface area contributed by atoms with E-state index in [0.29, 0.717) is 23.4 Å². The van der Waals surface area contributed by atoms with Crippen LogP contribution in [0.2, 0.25) is 5.02 Å². The number of rotatable bonds is 4. The van der Waals surface area contributed by atoms with Crippen molar-refractivity contribution in [1.82, 2.24) is 9.55 Å². The molecule has 1 heterocycles. The van der Waals surface area contributed by atoms with Crippen LogP contribution < -0.4 is 4.74 Å². The number of nitrogens with zero attached hydrogens (tertiary/aromatic N) is 2. The van der Waals surface area contributed by atoms with Crippen LogP contribution in [0.5, 0.6) is 5.75 Å². The second-order valence-corrected chi connectivity index (χ2v) is 4.53. The summed E-state index contributed by atoms with van der Waals surface area (Å²) >= 11 is 6.00. The van der Waals surface area contributed by atoms with Gasteiger partial charge >= 0.3 is 0 Å². The Morgan fingerprint density at radius 1 is 1.35 bits per heavy atom. The summed E-state index contributed by atoms with van der Waals surface area (Å²) < 4.78 is 7.66. The Morgan fingerprint density at radius 2 is 2.12 bits per heavy atom. The molecule has 2 aromatic rings. The zero-order valence-electron chi connectivity index (χ0n) is 9.93. The second-order valence-electron chi connectivity index (χ2n) is 4.13. The first-order valence-corrected chi connectivity index (χ1v) is 5.94. The Hall–Kier alpha value is -1.48. The standard InChI is InChI=1S/C13H15ClN2O/c1-10(2)16-7-11(15-9-16)8-17-13-6-4-3-5-12(13)14/h3-7,9-10H,8H2,1-2H3. The number of hydrogen-bond acceptors (Lipinski definition) is 2. The minimum absolute atomic E-state index is 0.413. The van der Waals surface area contributed by atoms with Crippen LogP contribution in [0.15, 0.2) is 36.8 Å². The van der Waals surface area contributed by atoms with Gasteiger partial charge in [-0.25, -0.2) is 4.98 Å². The fraction of sp³-hybridized carbons (Fsp3) is 0.308. The fourth-order valence-electron chi connectivity index (χ4n) is 1.45. The van der Waals surface area contributed by atoms with Crippen LogP contribution in [-0.4, -0.2) is 9.55 Å². The van der Waals surface area contributed by atoms with Gasteiger partial charge in [-0.05, 0) is 26.0 Å². The van der Waals surface area contributed by atoms with Gasteiger partial charge in [0.15, 0.2) is 0 Å². The molecule has 4 heteroatoms. The smallest absolute Gasteiger partial charge is 0.138 e. The van der Waals surface area contributed by atoms with Crippen molar-refractivity contribution in [3.8, 4) is 5.75 Å². The Labute approximate surface area is 106 Å². The Bertz CT molecular complexity index is 494. The van der Waals surface area contributed by atoms with Crippen molar-refractivity contribution in [3.63, 3.8) is 0 Å². The van der Waals surface area contributed by atoms with Crippen LogP contribution in [0.4, 0.5) is 0 Å². The van der Waals surface area contributed by atoms with Crippen LogP contribution in [0.3, 0.4) is 0 Å². The van der Waals surface area contributed by atoms with Gasteiger partial charge < -0.3 is 9.30 Å². The summed E-state index contributed by atoms with van der Waals surface area (Å²) in [5.41, 5.74) is 0.901. The molecular formula is C13H15ClN2O. The lowest BCUT2D eigenvalue weighted by Crippen LogP contribution is -1.98. The minimum Gasteiger partial charge on any atom is -0.486 e. The molecule has 90 valence electrons. The van der Waals surface area contributed by atoms with Crippen LogP contribution in [0.1, 0.15) is 25.6 Å². The third-order valence-corrected chi connectivity index (χ3v) is 2.78. The lowest BCUT2D eigenvalue weighted by molar-refractivity contribution is 0.302. The highest BCUT2D eigenvalue weighted by molar-refractivity contribution is 6.32. The first-order chi connectivity index (χ1) is 8.16. The van der Waals surface area contributed by atoms with Crippen molar-refractivity contribution in [3.05, 3.63) is 47.5 Å². The summed E-state index contributed by atoms with van der Waals surface area (Å²) in [5, 5.41) is 0.621. The molecule has 0 aliphatic rings. The van der Waals surface area contributed by atoms with Gasteiger partial charge in [0.2, 0.25) is 0 Å². The van der Waals surface area contributed by atoms with Crippen LogP contribution in [0.25, 0.3) is 0 Å². The quantitative estimate of drug-likeness (QED) is 0.827. The highest BCUT2D eigenvalue weighted by Gasteiger charge is 2.04. The number of imidazole rings is 1. The van der Waals surface area contributed by atoms with E-state index in [1.807, 2.05) is 41.4 Å². The number of aromatic nitrogens is 2. The van der Waals surface area contributed by atoms with Gasteiger partial charge in [-0.15, -0.1) is 0 Å². The first-order valence-electron chi connectivity index (χ1n) is 5.56. The zero-order chi connectivity index (χ0) is 12.3. The van der Waals surface area contributed by atoms with Gasteiger partial charge in [-0.3, -0.25) is 0 Å². The van der Waals surface area contributed by atoms with Crippen molar-refractivity contribution in [1.29, 1.82) is 0 Å². The zero-order valence-corrected chi connectivity index (χ0v) is 10.7. The number of halogens is 1. The number of ether oxygens (including phenoxy) is 1. The van der Waals surface area contributed by atoms with E-state index in [9.17, 15) is 0 Å². The Balaban J connectivity index is 2.00. The molecule has 0 atom stereocenters. The van der Waals surface area contributed by atoms with E-state index in [4.69, 9.17) is 16.3 Å². The third-order valence-electron chi connectivity index (χ3n) is 2.46. The van der Waals surface area contributed by atoms with Crippen molar-refractivity contribution >= 4 is 11.6 Å². The maximum atomic E-state index is 6.00. The van der Waals surface area contributed by atoms with Gasteiger partial charge in [0.1, 0.15) is 12.4 Å². The molecule has 0 saturated carbocycles. The number of para-hydroxylation sites is 1. The molecule has 0 saturated heterocycles. The van der Waals surface area contributed by atoms with Gasteiger partial charge in [-0.2, -0.15) is 0 Å². The third kappa shape index (κ3) is 3.01. The predicted molar refractivity (Wildman–Crippen MR) is 68.4 cm³/mol.